The second kappa shape index (κ2) is 5.18. The maximum Gasteiger partial charge on any atom is 0.416 e. The molecule has 1 atom stereocenters. The molecule has 1 aromatic rings. The molecule has 3 nitrogen and oxygen atoms in total. The molecular formula is C11H11F3O3. The number of rotatable bonds is 0. The Morgan fingerprint density at radius 1 is 1.35 bits per heavy atom. The first-order valence-corrected chi connectivity index (χ1v) is 4.86. The fraction of sp³-hybridized carbons (Fsp3) is 0.364. The molecule has 1 aliphatic carbocycles. The SMILES string of the molecule is O=CO.O[C@H]1CCc2c1cccc2C(F)(F)F. The molecule has 0 unspecified atom stereocenters. The topological polar surface area (TPSA) is 57.5 Å². The molecule has 1 aliphatic rings. The summed E-state index contributed by atoms with van der Waals surface area (Å²) in [6.45, 7) is -0.250. The number of hydrogen-bond donors (Lipinski definition) is 2. The van der Waals surface area contributed by atoms with Gasteiger partial charge < -0.3 is 10.2 Å². The average Bonchev–Trinajstić information content (AvgIpc) is 2.60. The summed E-state index contributed by atoms with van der Waals surface area (Å²) in [6, 6.07) is 3.97. The minimum atomic E-state index is -4.31. The van der Waals surface area contributed by atoms with Gasteiger partial charge in [0.05, 0.1) is 11.7 Å². The third-order valence-corrected chi connectivity index (χ3v) is 2.54. The van der Waals surface area contributed by atoms with Crippen LogP contribution in [-0.2, 0) is 17.4 Å². The van der Waals surface area contributed by atoms with Gasteiger partial charge in [-0.3, -0.25) is 4.79 Å². The molecule has 0 saturated carbocycles. The molecule has 94 valence electrons. The molecule has 0 bridgehead atoms. The Morgan fingerprint density at radius 3 is 2.47 bits per heavy atom. The monoisotopic (exact) mass is 248 g/mol. The highest BCUT2D eigenvalue weighted by Gasteiger charge is 2.36. The zero-order chi connectivity index (χ0) is 13.1. The van der Waals surface area contributed by atoms with E-state index in [9.17, 15) is 18.3 Å². The Hall–Kier alpha value is -1.56. The lowest BCUT2D eigenvalue weighted by Gasteiger charge is -2.11. The van der Waals surface area contributed by atoms with Gasteiger partial charge in [0.1, 0.15) is 0 Å². The molecule has 0 heterocycles. The van der Waals surface area contributed by atoms with Gasteiger partial charge in [-0.25, -0.2) is 0 Å². The largest absolute Gasteiger partial charge is 0.483 e. The normalized spacial score (nSPS) is 18.0. The van der Waals surface area contributed by atoms with Gasteiger partial charge in [0.2, 0.25) is 0 Å². The van der Waals surface area contributed by atoms with Crippen molar-refractivity contribution in [1.29, 1.82) is 0 Å². The van der Waals surface area contributed by atoms with E-state index in [2.05, 4.69) is 0 Å². The number of fused-ring (bicyclic) bond motifs is 1. The Balaban J connectivity index is 0.000000437. The predicted octanol–water partition coefficient (Wildman–Crippen LogP) is 2.39. The number of alkyl halides is 3. The van der Waals surface area contributed by atoms with Gasteiger partial charge >= 0.3 is 6.18 Å². The summed E-state index contributed by atoms with van der Waals surface area (Å²) >= 11 is 0. The van der Waals surface area contributed by atoms with E-state index >= 15 is 0 Å². The van der Waals surface area contributed by atoms with E-state index in [1.165, 1.54) is 6.07 Å². The van der Waals surface area contributed by atoms with Crippen molar-refractivity contribution in [3.05, 3.63) is 34.9 Å². The molecule has 0 spiro atoms. The lowest BCUT2D eigenvalue weighted by Crippen LogP contribution is -2.08. The van der Waals surface area contributed by atoms with Crippen LogP contribution in [0.2, 0.25) is 0 Å². The standard InChI is InChI=1S/C10H9F3O.CH2O2/c11-10(12,13)8-3-1-2-7-6(8)4-5-9(7)14;2-1-3/h1-3,9,14H,4-5H2;1H,(H,2,3)/t9-;/m0./s1. The maximum absolute atomic E-state index is 12.5. The highest BCUT2D eigenvalue weighted by molar-refractivity contribution is 5.41. The zero-order valence-corrected chi connectivity index (χ0v) is 8.74. The summed E-state index contributed by atoms with van der Waals surface area (Å²) in [4.78, 5) is 8.36. The van der Waals surface area contributed by atoms with E-state index in [4.69, 9.17) is 9.90 Å². The van der Waals surface area contributed by atoms with Gasteiger partial charge in [-0.05, 0) is 30.0 Å². The van der Waals surface area contributed by atoms with E-state index < -0.39 is 17.8 Å². The molecule has 0 fully saturated rings. The Kier molecular flexibility index (Phi) is 4.11. The van der Waals surface area contributed by atoms with Crippen LogP contribution in [0, 0.1) is 0 Å². The summed E-state index contributed by atoms with van der Waals surface area (Å²) < 4.78 is 37.5. The van der Waals surface area contributed by atoms with Gasteiger partial charge in [-0.15, -0.1) is 0 Å². The molecule has 17 heavy (non-hydrogen) atoms. The van der Waals surface area contributed by atoms with Gasteiger partial charge in [0, 0.05) is 0 Å². The molecule has 6 heteroatoms. The Bertz CT molecular complexity index is 401. The number of benzene rings is 1. The number of halogens is 3. The smallest absolute Gasteiger partial charge is 0.416 e. The van der Waals surface area contributed by atoms with Crippen LogP contribution in [0.15, 0.2) is 18.2 Å². The van der Waals surface area contributed by atoms with Crippen LogP contribution >= 0.6 is 0 Å². The molecule has 2 N–H and O–H groups in total. The van der Waals surface area contributed by atoms with Crippen molar-refractivity contribution in [1.82, 2.24) is 0 Å². The number of carboxylic acid groups (broad SMARTS) is 1. The quantitative estimate of drug-likeness (QED) is 0.693. The zero-order valence-electron chi connectivity index (χ0n) is 8.74. The van der Waals surface area contributed by atoms with Crippen molar-refractivity contribution in [2.24, 2.45) is 0 Å². The first-order chi connectivity index (χ1) is 7.91. The van der Waals surface area contributed by atoms with Crippen molar-refractivity contribution >= 4 is 6.47 Å². The maximum atomic E-state index is 12.5. The highest BCUT2D eigenvalue weighted by atomic mass is 19.4. The highest BCUT2D eigenvalue weighted by Crippen LogP contribution is 2.40. The van der Waals surface area contributed by atoms with Crippen LogP contribution in [0.5, 0.6) is 0 Å². The van der Waals surface area contributed by atoms with Crippen LogP contribution in [0.1, 0.15) is 29.2 Å². The first-order valence-electron chi connectivity index (χ1n) is 4.86. The first kappa shape index (κ1) is 13.5. The van der Waals surface area contributed by atoms with E-state index in [1.54, 1.807) is 6.07 Å². The molecule has 0 amide bonds. The van der Waals surface area contributed by atoms with Crippen LogP contribution in [-0.4, -0.2) is 16.7 Å². The molecule has 0 aromatic heterocycles. The summed E-state index contributed by atoms with van der Waals surface area (Å²) in [5.74, 6) is 0. The summed E-state index contributed by atoms with van der Waals surface area (Å²) in [5, 5.41) is 16.3. The van der Waals surface area contributed by atoms with E-state index in [-0.39, 0.29) is 12.0 Å². The second-order valence-electron chi connectivity index (χ2n) is 3.53. The molecule has 0 saturated heterocycles. The van der Waals surface area contributed by atoms with Crippen molar-refractivity contribution in [3.8, 4) is 0 Å². The predicted molar refractivity (Wildman–Crippen MR) is 53.4 cm³/mol. The van der Waals surface area contributed by atoms with E-state index in [1.807, 2.05) is 0 Å². The Labute approximate surface area is 95.5 Å². The van der Waals surface area contributed by atoms with Crippen molar-refractivity contribution in [3.63, 3.8) is 0 Å². The summed E-state index contributed by atoms with van der Waals surface area (Å²) in [6.07, 6.45) is -4.34. The van der Waals surface area contributed by atoms with Crippen molar-refractivity contribution in [2.45, 2.75) is 25.1 Å². The second-order valence-corrected chi connectivity index (χ2v) is 3.53. The van der Waals surface area contributed by atoms with Crippen molar-refractivity contribution < 1.29 is 28.2 Å². The van der Waals surface area contributed by atoms with Crippen LogP contribution in [0.25, 0.3) is 0 Å². The lowest BCUT2D eigenvalue weighted by atomic mass is 10.0. The summed E-state index contributed by atoms with van der Waals surface area (Å²) in [5.41, 5.74) is 0.0823. The van der Waals surface area contributed by atoms with Gasteiger partial charge in [-0.2, -0.15) is 13.2 Å². The van der Waals surface area contributed by atoms with Gasteiger partial charge in [-0.1, -0.05) is 12.1 Å². The number of hydrogen-bond acceptors (Lipinski definition) is 2. The summed E-state index contributed by atoms with van der Waals surface area (Å²) in [7, 11) is 0. The number of carbonyl (C=O) groups is 1. The fourth-order valence-corrected chi connectivity index (χ4v) is 1.90. The lowest BCUT2D eigenvalue weighted by molar-refractivity contribution is -0.138. The van der Waals surface area contributed by atoms with Gasteiger partial charge in [0.15, 0.2) is 0 Å². The number of aliphatic hydroxyl groups excluding tert-OH is 1. The Morgan fingerprint density at radius 2 is 1.94 bits per heavy atom. The molecule has 1 aromatic carbocycles. The molecule has 0 aliphatic heterocycles. The van der Waals surface area contributed by atoms with Crippen molar-refractivity contribution in [2.75, 3.05) is 0 Å². The molecule has 0 radical (unpaired) electrons. The van der Waals surface area contributed by atoms with Crippen LogP contribution in [0.3, 0.4) is 0 Å². The van der Waals surface area contributed by atoms with Crippen LogP contribution in [0.4, 0.5) is 13.2 Å². The third kappa shape index (κ3) is 2.97. The minimum Gasteiger partial charge on any atom is -0.483 e. The van der Waals surface area contributed by atoms with Crippen LogP contribution < -0.4 is 0 Å². The number of aliphatic hydroxyl groups is 1. The van der Waals surface area contributed by atoms with E-state index in [0.29, 0.717) is 18.4 Å². The fourth-order valence-electron chi connectivity index (χ4n) is 1.90. The average molecular weight is 248 g/mol. The van der Waals surface area contributed by atoms with E-state index in [0.717, 1.165) is 6.07 Å². The minimum absolute atomic E-state index is 0.250. The van der Waals surface area contributed by atoms with Gasteiger partial charge in [0.25, 0.3) is 6.47 Å². The molecule has 2 rings (SSSR count). The molecular weight excluding hydrogens is 237 g/mol. The third-order valence-electron chi connectivity index (χ3n) is 2.54.